The monoisotopic (exact) mass is 495 g/mol. The van der Waals surface area contributed by atoms with E-state index in [4.69, 9.17) is 0 Å². The van der Waals surface area contributed by atoms with E-state index in [1.165, 1.54) is 28.6 Å². The van der Waals surface area contributed by atoms with Crippen molar-refractivity contribution in [1.82, 2.24) is 4.31 Å². The molecule has 1 amide bonds. The standard InChI is InChI=1S/C23H33N3O5S2/c1-7-22(26(32(6,28)29)20-13-10-17(4)18(5)16-20)23(27)24-19-11-14-21(15-12-19)33(30,31)25(8-2)9-3/h10-16,22H,7-9H2,1-6H3,(H,24,27)/t22-/m1/s1. The Balaban J connectivity index is 2.33. The van der Waals surface area contributed by atoms with E-state index in [1.54, 1.807) is 32.9 Å². The van der Waals surface area contributed by atoms with E-state index in [9.17, 15) is 21.6 Å². The van der Waals surface area contributed by atoms with Crippen molar-refractivity contribution in [3.63, 3.8) is 0 Å². The van der Waals surface area contributed by atoms with E-state index in [2.05, 4.69) is 5.32 Å². The third-order valence-electron chi connectivity index (χ3n) is 5.54. The van der Waals surface area contributed by atoms with Crippen molar-refractivity contribution >= 4 is 37.3 Å². The molecule has 8 nitrogen and oxygen atoms in total. The Kier molecular flexibility index (Phi) is 8.67. The van der Waals surface area contributed by atoms with Gasteiger partial charge in [-0.05, 0) is 67.8 Å². The van der Waals surface area contributed by atoms with Crippen LogP contribution in [0.25, 0.3) is 0 Å². The molecule has 0 saturated heterocycles. The normalized spacial score (nSPS) is 13.1. The molecule has 0 spiro atoms. The van der Waals surface area contributed by atoms with E-state index in [0.717, 1.165) is 21.7 Å². The average Bonchev–Trinajstić information content (AvgIpc) is 2.74. The molecule has 33 heavy (non-hydrogen) atoms. The number of rotatable bonds is 10. The maximum absolute atomic E-state index is 13.1. The minimum absolute atomic E-state index is 0.129. The molecule has 182 valence electrons. The van der Waals surface area contributed by atoms with Gasteiger partial charge in [0.25, 0.3) is 0 Å². The molecule has 0 radical (unpaired) electrons. The first-order valence-corrected chi connectivity index (χ1v) is 14.1. The fourth-order valence-electron chi connectivity index (χ4n) is 3.57. The quantitative estimate of drug-likeness (QED) is 0.543. The van der Waals surface area contributed by atoms with Gasteiger partial charge in [-0.15, -0.1) is 0 Å². The second kappa shape index (κ2) is 10.7. The number of nitrogens with zero attached hydrogens (tertiary/aromatic N) is 2. The molecule has 0 unspecified atom stereocenters. The van der Waals surface area contributed by atoms with Gasteiger partial charge in [-0.3, -0.25) is 9.10 Å². The third-order valence-corrected chi connectivity index (χ3v) is 8.78. The molecule has 2 aromatic rings. The summed E-state index contributed by atoms with van der Waals surface area (Å²) in [6.45, 7) is 9.80. The number of hydrogen-bond acceptors (Lipinski definition) is 5. The van der Waals surface area contributed by atoms with Crippen LogP contribution in [0.2, 0.25) is 0 Å². The van der Waals surface area contributed by atoms with Crippen LogP contribution in [0.3, 0.4) is 0 Å². The minimum Gasteiger partial charge on any atom is -0.324 e. The van der Waals surface area contributed by atoms with Gasteiger partial charge < -0.3 is 5.32 Å². The Morgan fingerprint density at radius 1 is 0.909 bits per heavy atom. The highest BCUT2D eigenvalue weighted by Gasteiger charge is 2.32. The second-order valence-corrected chi connectivity index (χ2v) is 11.7. The van der Waals surface area contributed by atoms with Crippen LogP contribution >= 0.6 is 0 Å². The molecular weight excluding hydrogens is 462 g/mol. The second-order valence-electron chi connectivity index (χ2n) is 7.85. The lowest BCUT2D eigenvalue weighted by molar-refractivity contribution is -0.117. The summed E-state index contributed by atoms with van der Waals surface area (Å²) in [4.78, 5) is 13.2. The number of benzene rings is 2. The summed E-state index contributed by atoms with van der Waals surface area (Å²) in [5.74, 6) is -0.500. The van der Waals surface area contributed by atoms with Crippen LogP contribution in [0.4, 0.5) is 11.4 Å². The molecule has 0 aromatic heterocycles. The lowest BCUT2D eigenvalue weighted by Gasteiger charge is -2.30. The molecule has 1 atom stereocenters. The number of aryl methyl sites for hydroxylation is 2. The predicted molar refractivity (Wildman–Crippen MR) is 132 cm³/mol. The summed E-state index contributed by atoms with van der Waals surface area (Å²) in [5, 5.41) is 2.72. The van der Waals surface area contributed by atoms with Crippen molar-refractivity contribution in [3.8, 4) is 0 Å². The van der Waals surface area contributed by atoms with Crippen LogP contribution in [-0.2, 0) is 24.8 Å². The maximum Gasteiger partial charge on any atom is 0.248 e. The van der Waals surface area contributed by atoms with Gasteiger partial charge in [0.15, 0.2) is 0 Å². The fourth-order valence-corrected chi connectivity index (χ4v) is 6.23. The van der Waals surface area contributed by atoms with Crippen LogP contribution in [0, 0.1) is 13.8 Å². The Morgan fingerprint density at radius 3 is 1.94 bits per heavy atom. The number of carbonyl (C=O) groups excluding carboxylic acids is 1. The van der Waals surface area contributed by atoms with Crippen molar-refractivity contribution in [2.45, 2.75) is 52.0 Å². The van der Waals surface area contributed by atoms with E-state index in [1.807, 2.05) is 19.9 Å². The molecule has 0 fully saturated rings. The summed E-state index contributed by atoms with van der Waals surface area (Å²) in [7, 11) is -7.36. The Labute approximate surface area is 197 Å². The van der Waals surface area contributed by atoms with Gasteiger partial charge >= 0.3 is 0 Å². The Hall–Kier alpha value is -2.43. The molecule has 2 rings (SSSR count). The van der Waals surface area contributed by atoms with Gasteiger partial charge in [-0.2, -0.15) is 4.31 Å². The number of anilines is 2. The molecule has 0 aliphatic carbocycles. The first-order valence-electron chi connectivity index (χ1n) is 10.8. The summed E-state index contributed by atoms with van der Waals surface area (Å²) < 4.78 is 53.1. The number of nitrogens with one attached hydrogen (secondary N) is 1. The van der Waals surface area contributed by atoms with Crippen molar-refractivity contribution in [2.24, 2.45) is 0 Å². The average molecular weight is 496 g/mol. The van der Waals surface area contributed by atoms with Gasteiger partial charge in [0.05, 0.1) is 16.8 Å². The van der Waals surface area contributed by atoms with Crippen LogP contribution in [0.1, 0.15) is 38.3 Å². The van der Waals surface area contributed by atoms with E-state index >= 15 is 0 Å². The van der Waals surface area contributed by atoms with E-state index in [0.29, 0.717) is 24.5 Å². The van der Waals surface area contributed by atoms with Crippen LogP contribution in [-0.4, -0.2) is 52.4 Å². The molecule has 2 aromatic carbocycles. The smallest absolute Gasteiger partial charge is 0.248 e. The van der Waals surface area contributed by atoms with Gasteiger partial charge in [-0.1, -0.05) is 26.8 Å². The Bertz CT molecular complexity index is 1190. The third kappa shape index (κ3) is 6.13. The predicted octanol–water partition coefficient (Wildman–Crippen LogP) is 3.52. The van der Waals surface area contributed by atoms with Crippen molar-refractivity contribution < 1.29 is 21.6 Å². The highest BCUT2D eigenvalue weighted by molar-refractivity contribution is 7.92. The Morgan fingerprint density at radius 2 is 1.48 bits per heavy atom. The zero-order chi connectivity index (χ0) is 25.0. The highest BCUT2D eigenvalue weighted by Crippen LogP contribution is 2.26. The lowest BCUT2D eigenvalue weighted by atomic mass is 10.1. The minimum atomic E-state index is -3.75. The van der Waals surface area contributed by atoms with Gasteiger partial charge in [0.1, 0.15) is 6.04 Å². The van der Waals surface area contributed by atoms with Crippen molar-refractivity contribution in [2.75, 3.05) is 29.0 Å². The fraction of sp³-hybridized carbons (Fsp3) is 0.435. The van der Waals surface area contributed by atoms with Crippen LogP contribution < -0.4 is 9.62 Å². The molecule has 10 heteroatoms. The molecule has 0 aliphatic rings. The van der Waals surface area contributed by atoms with Gasteiger partial charge in [0.2, 0.25) is 26.0 Å². The molecule has 0 heterocycles. The van der Waals surface area contributed by atoms with Crippen LogP contribution in [0.15, 0.2) is 47.4 Å². The molecule has 0 saturated carbocycles. The van der Waals surface area contributed by atoms with Gasteiger partial charge in [-0.25, -0.2) is 16.8 Å². The SMILES string of the molecule is CC[C@H](C(=O)Nc1ccc(S(=O)(=O)N(CC)CC)cc1)N(c1ccc(C)c(C)c1)S(C)(=O)=O. The summed E-state index contributed by atoms with van der Waals surface area (Å²) in [6.07, 6.45) is 1.32. The van der Waals surface area contributed by atoms with E-state index in [-0.39, 0.29) is 11.3 Å². The lowest BCUT2D eigenvalue weighted by Crippen LogP contribution is -2.47. The summed E-state index contributed by atoms with van der Waals surface area (Å²) in [6, 6.07) is 10.2. The highest BCUT2D eigenvalue weighted by atomic mass is 32.2. The van der Waals surface area contributed by atoms with Crippen molar-refractivity contribution in [3.05, 3.63) is 53.6 Å². The van der Waals surface area contributed by atoms with Crippen LogP contribution in [0.5, 0.6) is 0 Å². The zero-order valence-electron chi connectivity index (χ0n) is 20.0. The topological polar surface area (TPSA) is 104 Å². The number of amides is 1. The van der Waals surface area contributed by atoms with Crippen molar-refractivity contribution in [1.29, 1.82) is 0 Å². The molecule has 1 N–H and O–H groups in total. The number of carbonyl (C=O) groups is 1. The first kappa shape index (κ1) is 26.8. The molecule has 0 aliphatic heterocycles. The molecular formula is C23H33N3O5S2. The van der Waals surface area contributed by atoms with E-state index < -0.39 is 32.0 Å². The number of sulfonamides is 2. The maximum atomic E-state index is 13.1. The number of hydrogen-bond donors (Lipinski definition) is 1. The summed E-state index contributed by atoms with van der Waals surface area (Å²) in [5.41, 5.74) is 2.74. The molecule has 0 bridgehead atoms. The summed E-state index contributed by atoms with van der Waals surface area (Å²) >= 11 is 0. The zero-order valence-corrected chi connectivity index (χ0v) is 21.6. The first-order chi connectivity index (χ1) is 15.4. The largest absolute Gasteiger partial charge is 0.324 e. The van der Waals surface area contributed by atoms with Gasteiger partial charge in [0, 0.05) is 18.8 Å².